The normalized spacial score (nSPS) is 10.0. The zero-order chi connectivity index (χ0) is 45.0. The summed E-state index contributed by atoms with van der Waals surface area (Å²) in [5.41, 5.74) is 0. The second-order valence-electron chi connectivity index (χ2n) is 13.3. The maximum absolute atomic E-state index is 11.9. The predicted molar refractivity (Wildman–Crippen MR) is 260 cm³/mol. The minimum Gasteiger partial charge on any atom is -0.442 e. The molecule has 0 bridgehead atoms. The van der Waals surface area contributed by atoms with E-state index in [4.69, 9.17) is 4.80 Å². The van der Waals surface area contributed by atoms with Gasteiger partial charge in [-0.3, -0.25) is 0 Å². The van der Waals surface area contributed by atoms with Crippen molar-refractivity contribution in [1.29, 1.82) is 0 Å². The van der Waals surface area contributed by atoms with Crippen molar-refractivity contribution in [2.24, 2.45) is 0 Å². The second-order valence-corrected chi connectivity index (χ2v) is 19.6. The van der Waals surface area contributed by atoms with Crippen LogP contribution in [0.25, 0.3) is 0 Å². The predicted octanol–water partition coefficient (Wildman–Crippen LogP) is 6.43. The third-order valence-electron chi connectivity index (χ3n) is 9.18. The smallest absolute Gasteiger partial charge is 0.285 e. The molecule has 3 nitrogen and oxygen atoms in total. The molecule has 323 valence electrons. The van der Waals surface area contributed by atoms with Crippen LogP contribution in [0.1, 0.15) is 0 Å². The molecule has 0 atom stereocenters. The molecule has 0 fully saturated rings. The van der Waals surface area contributed by atoms with Crippen molar-refractivity contribution in [2.45, 2.75) is 0 Å². The van der Waals surface area contributed by atoms with Crippen LogP contribution in [0, 0.1) is 35.7 Å². The molecule has 0 aliphatic rings. The van der Waals surface area contributed by atoms with E-state index in [0.29, 0.717) is 10.5 Å². The molecule has 0 saturated heterocycles. The van der Waals surface area contributed by atoms with Crippen molar-refractivity contribution < 1.29 is 46.1 Å². The average molecular weight is 937 g/mol. The molecule has 0 amide bonds. The van der Waals surface area contributed by atoms with Crippen LogP contribution in [0.4, 0.5) is 13.2 Å². The van der Waals surface area contributed by atoms with Gasteiger partial charge in [-0.25, -0.2) is 13.2 Å². The summed E-state index contributed by atoms with van der Waals surface area (Å²) < 4.78 is 35.7. The molecule has 1 radical (unpaired) electrons. The largest absolute Gasteiger partial charge is 0.442 e. The third-order valence-corrected chi connectivity index (χ3v) is 16.2. The maximum Gasteiger partial charge on any atom is 0.285 e. The van der Waals surface area contributed by atoms with Gasteiger partial charge in [-0.05, 0) is 31.1 Å². The van der Waals surface area contributed by atoms with Gasteiger partial charge in [0.15, 0.2) is 0 Å². The van der Waals surface area contributed by atoms with Crippen molar-refractivity contribution in [2.75, 3.05) is 0 Å². The van der Waals surface area contributed by atoms with E-state index >= 15 is 0 Å². The molecule has 0 heterocycles. The summed E-state index contributed by atoms with van der Waals surface area (Å²) in [4.78, 5) is 30.3. The van der Waals surface area contributed by atoms with Crippen LogP contribution in [0.15, 0.2) is 255 Å². The van der Waals surface area contributed by atoms with Crippen LogP contribution in [-0.2, 0) is 18.6 Å². The quantitative estimate of drug-likeness (QED) is 0.103. The number of rotatable bonds is 6. The van der Waals surface area contributed by atoms with Gasteiger partial charge in [0.2, 0.25) is 0 Å². The van der Waals surface area contributed by atoms with Crippen molar-refractivity contribution in [3.05, 3.63) is 290 Å². The topological polar surface area (TPSA) is 60.7 Å². The van der Waals surface area contributed by atoms with Crippen LogP contribution in [-0.4, -0.2) is 41.5 Å². The van der Waals surface area contributed by atoms with E-state index in [2.05, 4.69) is 18.2 Å². The summed E-state index contributed by atoms with van der Waals surface area (Å²) in [7, 11) is -5.45. The van der Waals surface area contributed by atoms with E-state index < -0.39 is 16.6 Å². The first-order valence-corrected chi connectivity index (χ1v) is 24.7. The van der Waals surface area contributed by atoms with Gasteiger partial charge in [-0.15, -0.1) is 36.4 Å². The number of hydrogen-bond donors (Lipinski definition) is 3. The molecule has 0 saturated carbocycles. The van der Waals surface area contributed by atoms with Gasteiger partial charge in [0, 0.05) is 36.0 Å². The Labute approximate surface area is 392 Å². The minimum absolute atomic E-state index is 0. The van der Waals surface area contributed by atoms with Crippen LogP contribution in [0.5, 0.6) is 0 Å². The second kappa shape index (κ2) is 29.3. The van der Waals surface area contributed by atoms with E-state index in [1.807, 2.05) is 182 Å². The zero-order valence-corrected chi connectivity index (χ0v) is 40.6. The molecule has 0 aliphatic carbocycles. The molecular formula is C54H48F3O3Si3V-3. The monoisotopic (exact) mass is 936 g/mol. The molecular weight excluding hydrogens is 889 g/mol. The van der Waals surface area contributed by atoms with E-state index in [1.54, 1.807) is 0 Å². The van der Waals surface area contributed by atoms with Crippen molar-refractivity contribution in [3.8, 4) is 0 Å². The first-order chi connectivity index (χ1) is 30.8. The summed E-state index contributed by atoms with van der Waals surface area (Å²) in [6, 6.07) is 85.4. The maximum atomic E-state index is 11.9. The summed E-state index contributed by atoms with van der Waals surface area (Å²) in [6.07, 6.45) is 0. The van der Waals surface area contributed by atoms with Crippen molar-refractivity contribution >= 4 is 58.2 Å². The van der Waals surface area contributed by atoms with Gasteiger partial charge in [0.25, 0.3) is 16.6 Å². The molecule has 64 heavy (non-hydrogen) atoms. The summed E-state index contributed by atoms with van der Waals surface area (Å²) in [6.45, 7) is 0. The molecule has 3 N–H and O–H groups in total. The Morgan fingerprint density at radius 1 is 0.281 bits per heavy atom. The Morgan fingerprint density at radius 2 is 0.422 bits per heavy atom. The fraction of sp³-hybridized carbons (Fsp3) is 0. The Morgan fingerprint density at radius 3 is 0.531 bits per heavy atom. The number of benzene rings is 9. The fourth-order valence-electron chi connectivity index (χ4n) is 6.18. The standard InChI is InChI=1S/2C18H16OSi.3C6H4F.H4OSi.V/c2*19-20(16-10-4-1-5-11-16,17-12-6-2-7-13-17)18-14-8-3-9-15-18;3*7-6-4-2-1-3-5-6;1-2;/h2*1-15,19H;3*2-5H;1H,2H3;/q;;3*-1;;. The van der Waals surface area contributed by atoms with Gasteiger partial charge in [0.05, 0.1) is 0 Å². The van der Waals surface area contributed by atoms with Crippen LogP contribution < -0.4 is 31.1 Å². The van der Waals surface area contributed by atoms with Gasteiger partial charge in [-0.1, -0.05) is 182 Å². The molecule has 0 spiro atoms. The van der Waals surface area contributed by atoms with Gasteiger partial charge in [-0.2, -0.15) is 54.6 Å². The van der Waals surface area contributed by atoms with Crippen LogP contribution in [0.3, 0.4) is 0 Å². The average Bonchev–Trinajstić information content (AvgIpc) is 3.37. The van der Waals surface area contributed by atoms with Crippen molar-refractivity contribution in [3.63, 3.8) is 0 Å². The van der Waals surface area contributed by atoms with E-state index in [1.165, 1.54) is 72.8 Å². The SMILES string of the molecule is Fc1cc[c-]cc1.Fc1cc[c-]cc1.Fc1cc[c-]cc1.O[SiH3].O[Si](c1ccccc1)(c1ccccc1)c1ccccc1.O[Si](c1ccccc1)(c1ccccc1)c1ccccc1.[V]. The Kier molecular flexibility index (Phi) is 23.9. The number of halogens is 3. The third kappa shape index (κ3) is 16.2. The summed E-state index contributed by atoms with van der Waals surface area (Å²) in [5, 5.41) is 6.07. The molecule has 10 heteroatoms. The Balaban J connectivity index is 0.000000228. The molecule has 9 aromatic carbocycles. The van der Waals surface area contributed by atoms with Gasteiger partial charge < -0.3 is 14.4 Å². The van der Waals surface area contributed by atoms with Gasteiger partial charge >= 0.3 is 0 Å². The molecule has 9 rings (SSSR count). The molecule has 9 aromatic rings. The first-order valence-electron chi connectivity index (χ1n) is 19.9. The Hall–Kier alpha value is -6.11. The first kappa shape index (κ1) is 52.2. The number of hydrogen-bond acceptors (Lipinski definition) is 3. The van der Waals surface area contributed by atoms with E-state index in [9.17, 15) is 22.8 Å². The van der Waals surface area contributed by atoms with Gasteiger partial charge in [0.1, 0.15) is 10.5 Å². The van der Waals surface area contributed by atoms with E-state index in [-0.39, 0.29) is 36.0 Å². The molecule has 0 unspecified atom stereocenters. The van der Waals surface area contributed by atoms with E-state index in [0.717, 1.165) is 31.1 Å². The summed E-state index contributed by atoms with van der Waals surface area (Å²) >= 11 is 0. The minimum atomic E-state index is -2.88. The molecule has 0 aliphatic heterocycles. The van der Waals surface area contributed by atoms with Crippen LogP contribution in [0.2, 0.25) is 0 Å². The molecule has 0 aromatic heterocycles. The fourth-order valence-corrected chi connectivity index (χ4v) is 12.2. The van der Waals surface area contributed by atoms with Crippen molar-refractivity contribution in [1.82, 2.24) is 0 Å². The Bertz CT molecular complexity index is 2100. The van der Waals surface area contributed by atoms with Crippen LogP contribution >= 0.6 is 0 Å². The zero-order valence-electron chi connectivity index (χ0n) is 35.2. The summed E-state index contributed by atoms with van der Waals surface area (Å²) in [5.74, 6) is -0.628.